The van der Waals surface area contributed by atoms with Crippen molar-refractivity contribution in [3.63, 3.8) is 0 Å². The van der Waals surface area contributed by atoms with Gasteiger partial charge in [0.15, 0.2) is 11.6 Å². The summed E-state index contributed by atoms with van der Waals surface area (Å²) >= 11 is 24.2. The number of nitrogens with zero attached hydrogens (tertiary/aromatic N) is 2. The summed E-state index contributed by atoms with van der Waals surface area (Å²) in [5, 5.41) is 2.54. The molecule has 3 aromatic carbocycles. The molecule has 3 aromatic rings. The second kappa shape index (κ2) is 10.4. The van der Waals surface area contributed by atoms with Crippen LogP contribution in [0.2, 0.25) is 20.1 Å². The van der Waals surface area contributed by atoms with Gasteiger partial charge in [-0.05, 0) is 54.1 Å². The number of nitrogens with one attached hydrogen (secondary N) is 1. The van der Waals surface area contributed by atoms with Crippen molar-refractivity contribution in [3.8, 4) is 0 Å². The van der Waals surface area contributed by atoms with E-state index in [9.17, 15) is 14.4 Å². The van der Waals surface area contributed by atoms with Crippen molar-refractivity contribution < 1.29 is 14.4 Å². The number of allylic oxidation sites excluding steroid dienone is 1. The van der Waals surface area contributed by atoms with Crippen molar-refractivity contribution in [1.29, 1.82) is 0 Å². The Kier molecular flexibility index (Phi) is 7.21. The zero-order chi connectivity index (χ0) is 26.3. The molecule has 1 fully saturated rings. The molecule has 5 rings (SSSR count). The molecular formula is C27H17Cl4N3O3. The van der Waals surface area contributed by atoms with E-state index in [1.165, 1.54) is 29.3 Å². The molecule has 2 aliphatic heterocycles. The van der Waals surface area contributed by atoms with E-state index < -0.39 is 6.17 Å². The number of carbonyl (C=O) groups is 3. The van der Waals surface area contributed by atoms with Gasteiger partial charge < -0.3 is 0 Å². The molecule has 1 atom stereocenters. The van der Waals surface area contributed by atoms with Crippen molar-refractivity contribution in [2.45, 2.75) is 19.0 Å². The molecule has 0 aliphatic carbocycles. The van der Waals surface area contributed by atoms with Gasteiger partial charge in [0.05, 0.1) is 37.8 Å². The predicted molar refractivity (Wildman–Crippen MR) is 146 cm³/mol. The van der Waals surface area contributed by atoms with Gasteiger partial charge in [0.25, 0.3) is 5.91 Å². The maximum atomic E-state index is 13.5. The first-order valence-corrected chi connectivity index (χ1v) is 12.7. The Bertz CT molecular complexity index is 1520. The van der Waals surface area contributed by atoms with E-state index in [4.69, 9.17) is 46.4 Å². The first-order valence-electron chi connectivity index (χ1n) is 11.1. The first-order chi connectivity index (χ1) is 17.7. The predicted octanol–water partition coefficient (Wildman–Crippen LogP) is 6.77. The van der Waals surface area contributed by atoms with Crippen LogP contribution in [0.1, 0.15) is 33.6 Å². The van der Waals surface area contributed by atoms with Crippen LogP contribution in [0.15, 0.2) is 82.9 Å². The van der Waals surface area contributed by atoms with E-state index >= 15 is 0 Å². The molecule has 2 aliphatic rings. The van der Waals surface area contributed by atoms with Crippen molar-refractivity contribution in [2.75, 3.05) is 5.01 Å². The van der Waals surface area contributed by atoms with Gasteiger partial charge in [-0.2, -0.15) is 5.43 Å². The summed E-state index contributed by atoms with van der Waals surface area (Å²) in [7, 11) is 0. The van der Waals surface area contributed by atoms with Gasteiger partial charge in [-0.3, -0.25) is 19.4 Å². The van der Waals surface area contributed by atoms with Crippen LogP contribution in [-0.2, 0) is 4.79 Å². The Morgan fingerprint density at radius 3 is 1.92 bits per heavy atom. The fourth-order valence-electron chi connectivity index (χ4n) is 4.23. The second-order valence-electron chi connectivity index (χ2n) is 8.43. The third-order valence-electron chi connectivity index (χ3n) is 6.08. The van der Waals surface area contributed by atoms with Crippen molar-refractivity contribution in [1.82, 2.24) is 5.43 Å². The van der Waals surface area contributed by atoms with Crippen LogP contribution in [0.25, 0.3) is 0 Å². The monoisotopic (exact) mass is 571 g/mol. The van der Waals surface area contributed by atoms with E-state index in [1.807, 2.05) is 18.2 Å². The number of carbonyl (C=O) groups excluding carboxylic acids is 3. The number of para-hydroxylation sites is 1. The van der Waals surface area contributed by atoms with E-state index in [-0.39, 0.29) is 40.4 Å². The van der Waals surface area contributed by atoms with Crippen LogP contribution >= 0.6 is 46.4 Å². The summed E-state index contributed by atoms with van der Waals surface area (Å²) in [5.74, 6) is -0.902. The fourth-order valence-corrected chi connectivity index (χ4v) is 4.83. The summed E-state index contributed by atoms with van der Waals surface area (Å²) in [5.41, 5.74) is 5.48. The number of benzene rings is 3. The lowest BCUT2D eigenvalue weighted by Gasteiger charge is -2.17. The summed E-state index contributed by atoms with van der Waals surface area (Å²) in [4.78, 5) is 44.4. The van der Waals surface area contributed by atoms with Gasteiger partial charge in [-0.1, -0.05) is 64.6 Å². The Balaban J connectivity index is 1.48. The summed E-state index contributed by atoms with van der Waals surface area (Å²) in [6.45, 7) is 0. The first kappa shape index (κ1) is 25.6. The van der Waals surface area contributed by atoms with E-state index in [0.29, 0.717) is 43.7 Å². The van der Waals surface area contributed by atoms with Gasteiger partial charge in [-0.15, -0.1) is 0 Å². The maximum Gasteiger partial charge on any atom is 0.272 e. The number of fused-ring (bicyclic) bond motifs is 1. The minimum atomic E-state index is -0.721. The minimum absolute atomic E-state index is 0.123. The average molecular weight is 573 g/mol. The topological polar surface area (TPSA) is 78.8 Å². The standard InChI is InChI=1S/C27H17Cl4N3O3/c28-18-8-6-14(10-20(18)30)23(35)12-17-22(13-24(36)15-7-9-19(29)21(31)11-15)32-26-25(17)27(37)34(33-26)16-4-2-1-3-5-16/h1-11,26,33H,12-13H2/t26-/m1/s1. The lowest BCUT2D eigenvalue weighted by molar-refractivity contribution is -0.114. The maximum absolute atomic E-state index is 13.5. The molecule has 1 N–H and O–H groups in total. The molecule has 0 saturated carbocycles. The molecule has 10 heteroatoms. The van der Waals surface area contributed by atoms with Crippen molar-refractivity contribution in [2.24, 2.45) is 4.99 Å². The van der Waals surface area contributed by atoms with Crippen molar-refractivity contribution in [3.05, 3.63) is 109 Å². The quantitative estimate of drug-likeness (QED) is 0.317. The summed E-state index contributed by atoms with van der Waals surface area (Å²) < 4.78 is 0. The van der Waals surface area contributed by atoms with E-state index in [0.717, 1.165) is 0 Å². The van der Waals surface area contributed by atoms with E-state index in [1.54, 1.807) is 24.3 Å². The second-order valence-corrected chi connectivity index (χ2v) is 10.1. The summed E-state index contributed by atoms with van der Waals surface area (Å²) in [6, 6.07) is 18.2. The molecule has 1 saturated heterocycles. The third-order valence-corrected chi connectivity index (χ3v) is 7.56. The molecule has 0 spiro atoms. The van der Waals surface area contributed by atoms with Gasteiger partial charge in [-0.25, -0.2) is 5.01 Å². The number of Topliss-reactive ketones (excluding diaryl/α,β-unsaturated/α-hetero) is 2. The van der Waals surface area contributed by atoms with Crippen LogP contribution in [0.3, 0.4) is 0 Å². The van der Waals surface area contributed by atoms with Crippen LogP contribution in [0.4, 0.5) is 5.69 Å². The number of hydrazine groups is 1. The van der Waals surface area contributed by atoms with Crippen molar-refractivity contribution >= 4 is 75.3 Å². The average Bonchev–Trinajstić information content (AvgIpc) is 3.38. The highest BCUT2D eigenvalue weighted by Crippen LogP contribution is 2.34. The molecule has 6 nitrogen and oxygen atoms in total. The lowest BCUT2D eigenvalue weighted by Crippen LogP contribution is -2.37. The van der Waals surface area contributed by atoms with Gasteiger partial charge in [0, 0.05) is 23.3 Å². The number of hydrogen-bond donors (Lipinski definition) is 1. The molecule has 1 amide bonds. The van der Waals surface area contributed by atoms with Gasteiger partial charge in [0.1, 0.15) is 6.17 Å². The number of aliphatic imine (C=N–C) groups is 1. The zero-order valence-electron chi connectivity index (χ0n) is 19.0. The minimum Gasteiger partial charge on any atom is -0.294 e. The Hall–Kier alpha value is -3.00. The normalized spacial score (nSPS) is 16.8. The number of rotatable bonds is 7. The largest absolute Gasteiger partial charge is 0.294 e. The third kappa shape index (κ3) is 5.08. The number of anilines is 1. The lowest BCUT2D eigenvalue weighted by atomic mass is 9.93. The highest BCUT2D eigenvalue weighted by Gasteiger charge is 2.43. The zero-order valence-corrected chi connectivity index (χ0v) is 22.0. The molecule has 0 aromatic heterocycles. The molecule has 37 heavy (non-hydrogen) atoms. The van der Waals surface area contributed by atoms with Crippen LogP contribution < -0.4 is 10.4 Å². The highest BCUT2D eigenvalue weighted by molar-refractivity contribution is 6.42. The Morgan fingerprint density at radius 1 is 0.784 bits per heavy atom. The SMILES string of the molecule is O=C(CC1=N[C@@H]2NN(c3ccccc3)C(=O)C2=C1CC(=O)c1ccc(Cl)c(Cl)c1)c1ccc(Cl)c(Cl)c1. The molecule has 0 bridgehead atoms. The van der Waals surface area contributed by atoms with Gasteiger partial charge >= 0.3 is 0 Å². The number of amides is 1. The van der Waals surface area contributed by atoms with Crippen LogP contribution in [0.5, 0.6) is 0 Å². The molecule has 2 heterocycles. The number of halogens is 4. The van der Waals surface area contributed by atoms with Crippen LogP contribution in [-0.4, -0.2) is 29.4 Å². The smallest absolute Gasteiger partial charge is 0.272 e. The highest BCUT2D eigenvalue weighted by atomic mass is 35.5. The Labute approximate surface area is 232 Å². The summed E-state index contributed by atoms with van der Waals surface area (Å²) in [6.07, 6.45) is -0.990. The molecular weight excluding hydrogens is 556 g/mol. The number of hydrogen-bond acceptors (Lipinski definition) is 5. The Morgan fingerprint density at radius 2 is 1.35 bits per heavy atom. The molecule has 186 valence electrons. The molecule has 0 radical (unpaired) electrons. The molecule has 0 unspecified atom stereocenters. The van der Waals surface area contributed by atoms with Gasteiger partial charge in [0.2, 0.25) is 0 Å². The van der Waals surface area contributed by atoms with E-state index in [2.05, 4.69) is 10.4 Å². The number of ketones is 2. The fraction of sp³-hybridized carbons (Fsp3) is 0.111. The van der Waals surface area contributed by atoms with Crippen LogP contribution in [0, 0.1) is 0 Å².